The highest BCUT2D eigenvalue weighted by Crippen LogP contribution is 2.48. The standard InChI is InChI=1S/C13H12N2O7/c1-20-9-5-4-7(14(16)17)11-10(21-2)6-8(15(18)19)13(22-3)12(9)11/h4-6H,1-3H3. The van der Waals surface area contributed by atoms with Crippen molar-refractivity contribution >= 4 is 22.1 Å². The minimum atomic E-state index is -0.654. The summed E-state index contributed by atoms with van der Waals surface area (Å²) in [4.78, 5) is 21.2. The van der Waals surface area contributed by atoms with Crippen LogP contribution in [0.5, 0.6) is 17.2 Å². The molecule has 0 bridgehead atoms. The van der Waals surface area contributed by atoms with Crippen molar-refractivity contribution in [3.05, 3.63) is 38.4 Å². The second-order valence-corrected chi connectivity index (χ2v) is 4.18. The number of hydrogen-bond donors (Lipinski definition) is 0. The highest BCUT2D eigenvalue weighted by Gasteiger charge is 2.29. The van der Waals surface area contributed by atoms with Crippen LogP contribution in [-0.2, 0) is 0 Å². The van der Waals surface area contributed by atoms with Crippen molar-refractivity contribution in [1.29, 1.82) is 0 Å². The summed E-state index contributed by atoms with van der Waals surface area (Å²) >= 11 is 0. The smallest absolute Gasteiger partial charge is 0.315 e. The van der Waals surface area contributed by atoms with Crippen LogP contribution in [0, 0.1) is 20.2 Å². The molecule has 0 aromatic heterocycles. The summed E-state index contributed by atoms with van der Waals surface area (Å²) in [7, 11) is 3.87. The summed E-state index contributed by atoms with van der Waals surface area (Å²) in [6, 6.07) is 3.69. The first-order valence-electron chi connectivity index (χ1n) is 6.00. The molecular formula is C13H12N2O7. The van der Waals surface area contributed by atoms with Crippen molar-refractivity contribution < 1.29 is 24.1 Å². The Morgan fingerprint density at radius 1 is 0.818 bits per heavy atom. The zero-order chi connectivity index (χ0) is 16.4. The summed E-state index contributed by atoms with van der Waals surface area (Å²) in [6.07, 6.45) is 0. The zero-order valence-corrected chi connectivity index (χ0v) is 12.0. The Labute approximate surface area is 124 Å². The van der Waals surface area contributed by atoms with Crippen molar-refractivity contribution in [2.24, 2.45) is 0 Å². The van der Waals surface area contributed by atoms with Gasteiger partial charge in [0.05, 0.1) is 42.6 Å². The molecule has 2 aromatic carbocycles. The molecule has 0 fully saturated rings. The van der Waals surface area contributed by atoms with Crippen LogP contribution in [0.1, 0.15) is 0 Å². The molecule has 0 unspecified atom stereocenters. The Morgan fingerprint density at radius 2 is 1.41 bits per heavy atom. The molecule has 0 aliphatic heterocycles. The Morgan fingerprint density at radius 3 is 1.86 bits per heavy atom. The van der Waals surface area contributed by atoms with Crippen LogP contribution in [0.15, 0.2) is 18.2 Å². The average Bonchev–Trinajstić information content (AvgIpc) is 2.51. The lowest BCUT2D eigenvalue weighted by molar-refractivity contribution is -0.385. The minimum Gasteiger partial charge on any atom is -0.496 e. The molecule has 0 aliphatic carbocycles. The van der Waals surface area contributed by atoms with Gasteiger partial charge in [-0.05, 0) is 6.07 Å². The number of methoxy groups -OCH3 is 3. The van der Waals surface area contributed by atoms with Gasteiger partial charge in [0.2, 0.25) is 5.75 Å². The fraction of sp³-hybridized carbons (Fsp3) is 0.231. The van der Waals surface area contributed by atoms with E-state index in [1.807, 2.05) is 0 Å². The quantitative estimate of drug-likeness (QED) is 0.616. The lowest BCUT2D eigenvalue weighted by atomic mass is 10.0. The molecule has 0 spiro atoms. The van der Waals surface area contributed by atoms with Crippen molar-refractivity contribution in [2.45, 2.75) is 0 Å². The van der Waals surface area contributed by atoms with Crippen LogP contribution in [-0.4, -0.2) is 31.2 Å². The normalized spacial score (nSPS) is 10.3. The molecule has 22 heavy (non-hydrogen) atoms. The predicted octanol–water partition coefficient (Wildman–Crippen LogP) is 2.68. The Hall–Kier alpha value is -3.10. The second-order valence-electron chi connectivity index (χ2n) is 4.18. The van der Waals surface area contributed by atoms with Gasteiger partial charge in [0.1, 0.15) is 16.9 Å². The topological polar surface area (TPSA) is 114 Å². The van der Waals surface area contributed by atoms with Gasteiger partial charge in [0.15, 0.2) is 0 Å². The molecule has 0 saturated carbocycles. The van der Waals surface area contributed by atoms with Crippen LogP contribution in [0.4, 0.5) is 11.4 Å². The molecular weight excluding hydrogens is 296 g/mol. The van der Waals surface area contributed by atoms with E-state index in [-0.39, 0.29) is 39.4 Å². The molecule has 0 heterocycles. The van der Waals surface area contributed by atoms with E-state index in [2.05, 4.69) is 0 Å². The number of benzene rings is 2. The van der Waals surface area contributed by atoms with E-state index in [0.717, 1.165) is 6.07 Å². The number of hydrogen-bond acceptors (Lipinski definition) is 7. The van der Waals surface area contributed by atoms with E-state index >= 15 is 0 Å². The average molecular weight is 308 g/mol. The van der Waals surface area contributed by atoms with Crippen molar-refractivity contribution in [2.75, 3.05) is 21.3 Å². The first kappa shape index (κ1) is 15.3. The van der Waals surface area contributed by atoms with Crippen LogP contribution in [0.2, 0.25) is 0 Å². The minimum absolute atomic E-state index is 0.00639. The number of fused-ring (bicyclic) bond motifs is 1. The highest BCUT2D eigenvalue weighted by atomic mass is 16.6. The van der Waals surface area contributed by atoms with E-state index in [0.29, 0.717) is 0 Å². The van der Waals surface area contributed by atoms with E-state index in [9.17, 15) is 20.2 Å². The largest absolute Gasteiger partial charge is 0.496 e. The monoisotopic (exact) mass is 308 g/mol. The lowest BCUT2D eigenvalue weighted by Crippen LogP contribution is -2.00. The molecule has 2 aromatic rings. The number of non-ortho nitro benzene ring substituents is 1. The third-order valence-corrected chi connectivity index (χ3v) is 3.16. The molecule has 0 saturated heterocycles. The Kier molecular flexibility index (Phi) is 3.97. The van der Waals surface area contributed by atoms with Gasteiger partial charge in [-0.25, -0.2) is 0 Å². The number of rotatable bonds is 5. The zero-order valence-electron chi connectivity index (χ0n) is 12.0. The fourth-order valence-corrected chi connectivity index (χ4v) is 2.26. The molecule has 0 aliphatic rings. The van der Waals surface area contributed by atoms with Crippen molar-refractivity contribution in [3.8, 4) is 17.2 Å². The van der Waals surface area contributed by atoms with Gasteiger partial charge >= 0.3 is 5.69 Å². The fourth-order valence-electron chi connectivity index (χ4n) is 2.26. The summed E-state index contributed by atoms with van der Waals surface area (Å²) in [5.74, 6) is 0.0777. The van der Waals surface area contributed by atoms with Gasteiger partial charge in [-0.3, -0.25) is 20.2 Å². The summed E-state index contributed by atoms with van der Waals surface area (Å²) in [6.45, 7) is 0. The SMILES string of the molecule is COc1cc([N+](=O)[O-])c(OC)c2c(OC)ccc([N+](=O)[O-])c12. The van der Waals surface area contributed by atoms with E-state index in [1.54, 1.807) is 0 Å². The van der Waals surface area contributed by atoms with Crippen LogP contribution in [0.3, 0.4) is 0 Å². The van der Waals surface area contributed by atoms with Gasteiger partial charge in [0.25, 0.3) is 5.69 Å². The molecule has 0 radical (unpaired) electrons. The Balaban J connectivity index is 3.11. The van der Waals surface area contributed by atoms with E-state index < -0.39 is 9.85 Å². The Bertz CT molecular complexity index is 773. The van der Waals surface area contributed by atoms with Crippen molar-refractivity contribution in [1.82, 2.24) is 0 Å². The van der Waals surface area contributed by atoms with Gasteiger partial charge in [-0.15, -0.1) is 0 Å². The highest BCUT2D eigenvalue weighted by molar-refractivity contribution is 6.06. The maximum atomic E-state index is 11.2. The molecule has 0 atom stereocenters. The molecule has 9 nitrogen and oxygen atoms in total. The molecule has 2 rings (SSSR count). The summed E-state index contributed by atoms with van der Waals surface area (Å²) < 4.78 is 15.3. The van der Waals surface area contributed by atoms with Gasteiger partial charge in [-0.2, -0.15) is 0 Å². The maximum Gasteiger partial charge on any atom is 0.315 e. The number of nitro benzene ring substituents is 2. The first-order chi connectivity index (χ1) is 10.5. The number of nitro groups is 2. The van der Waals surface area contributed by atoms with Gasteiger partial charge < -0.3 is 14.2 Å². The molecule has 116 valence electrons. The number of nitrogens with zero attached hydrogens (tertiary/aromatic N) is 2. The van der Waals surface area contributed by atoms with E-state index in [1.165, 1.54) is 33.5 Å². The lowest BCUT2D eigenvalue weighted by Gasteiger charge is -2.13. The second kappa shape index (κ2) is 5.72. The molecule has 0 amide bonds. The predicted molar refractivity (Wildman–Crippen MR) is 76.9 cm³/mol. The molecule has 0 N–H and O–H groups in total. The van der Waals surface area contributed by atoms with Crippen LogP contribution < -0.4 is 14.2 Å². The molecule has 9 heteroatoms. The summed E-state index contributed by atoms with van der Waals surface area (Å²) in [5, 5.41) is 22.6. The third-order valence-electron chi connectivity index (χ3n) is 3.16. The van der Waals surface area contributed by atoms with Crippen LogP contribution in [0.25, 0.3) is 10.8 Å². The number of ether oxygens (including phenoxy) is 3. The summed E-state index contributed by atoms with van der Waals surface area (Å²) in [5.41, 5.74) is -0.633. The van der Waals surface area contributed by atoms with Crippen LogP contribution >= 0.6 is 0 Å². The van der Waals surface area contributed by atoms with Gasteiger partial charge in [-0.1, -0.05) is 0 Å². The van der Waals surface area contributed by atoms with Gasteiger partial charge in [0, 0.05) is 6.07 Å². The first-order valence-corrected chi connectivity index (χ1v) is 6.00. The maximum absolute atomic E-state index is 11.2. The van der Waals surface area contributed by atoms with E-state index in [4.69, 9.17) is 14.2 Å². The third kappa shape index (κ3) is 2.22. The van der Waals surface area contributed by atoms with Crippen molar-refractivity contribution in [3.63, 3.8) is 0 Å².